The van der Waals surface area contributed by atoms with Gasteiger partial charge < -0.3 is 20.3 Å². The van der Waals surface area contributed by atoms with Gasteiger partial charge in [-0.3, -0.25) is 4.79 Å². The van der Waals surface area contributed by atoms with Crippen LogP contribution in [0.25, 0.3) is 0 Å². The van der Waals surface area contributed by atoms with Crippen molar-refractivity contribution in [3.8, 4) is 0 Å². The Hall–Kier alpha value is -1.59. The number of nitrogens with zero attached hydrogens (tertiary/aromatic N) is 2. The van der Waals surface area contributed by atoms with Crippen molar-refractivity contribution in [3.05, 3.63) is 29.8 Å². The lowest BCUT2D eigenvalue weighted by atomic mass is 10.0. The number of carbonyl (C=O) groups excluding carboxylic acids is 1. The first-order valence-electron chi connectivity index (χ1n) is 8.57. The highest BCUT2D eigenvalue weighted by atomic mass is 16.5. The number of rotatable bonds is 4. The molecule has 0 spiro atoms. The third-order valence-corrected chi connectivity index (χ3v) is 5.00. The van der Waals surface area contributed by atoms with E-state index in [1.54, 1.807) is 0 Å². The molecule has 1 aromatic rings. The molecule has 5 nitrogen and oxygen atoms in total. The van der Waals surface area contributed by atoms with Crippen LogP contribution in [0.15, 0.2) is 24.3 Å². The zero-order valence-corrected chi connectivity index (χ0v) is 13.9. The van der Waals surface area contributed by atoms with Crippen LogP contribution in [-0.2, 0) is 16.1 Å². The molecule has 1 aliphatic heterocycles. The van der Waals surface area contributed by atoms with Crippen LogP contribution in [0.3, 0.4) is 0 Å². The van der Waals surface area contributed by atoms with Crippen LogP contribution in [0, 0.1) is 5.92 Å². The fraction of sp³-hybridized carbons (Fsp3) is 0.611. The van der Waals surface area contributed by atoms with Crippen LogP contribution < -0.4 is 10.6 Å². The van der Waals surface area contributed by atoms with Gasteiger partial charge in [-0.15, -0.1) is 0 Å². The largest absolute Gasteiger partial charge is 0.378 e. The second-order valence-corrected chi connectivity index (χ2v) is 6.66. The van der Waals surface area contributed by atoms with Gasteiger partial charge in [0.15, 0.2) is 0 Å². The van der Waals surface area contributed by atoms with Gasteiger partial charge >= 0.3 is 0 Å². The Bertz CT molecular complexity index is 526. The minimum atomic E-state index is 0.00706. The van der Waals surface area contributed by atoms with E-state index < -0.39 is 0 Å². The third kappa shape index (κ3) is 3.85. The molecule has 2 aliphatic rings. The number of morpholine rings is 1. The minimum absolute atomic E-state index is 0.00706. The SMILES string of the molecule is CN(Cc1ccc(N2CCOCC2)cc1)C(=O)C1CCCC1N. The number of nitrogens with two attached hydrogens (primary N) is 1. The quantitative estimate of drug-likeness (QED) is 0.916. The van der Waals surface area contributed by atoms with E-state index in [1.165, 1.54) is 5.69 Å². The number of ether oxygens (including phenoxy) is 1. The van der Waals surface area contributed by atoms with E-state index in [0.29, 0.717) is 6.54 Å². The van der Waals surface area contributed by atoms with Gasteiger partial charge in [-0.25, -0.2) is 0 Å². The van der Waals surface area contributed by atoms with Crippen molar-refractivity contribution >= 4 is 11.6 Å². The van der Waals surface area contributed by atoms with Crippen molar-refractivity contribution in [2.45, 2.75) is 31.8 Å². The summed E-state index contributed by atoms with van der Waals surface area (Å²) in [5.74, 6) is 0.194. The van der Waals surface area contributed by atoms with Gasteiger partial charge in [-0.05, 0) is 30.5 Å². The molecule has 2 N–H and O–H groups in total. The topological polar surface area (TPSA) is 58.8 Å². The lowest BCUT2D eigenvalue weighted by Gasteiger charge is -2.29. The predicted octanol–water partition coefficient (Wildman–Crippen LogP) is 1.61. The Morgan fingerprint density at radius 1 is 1.26 bits per heavy atom. The maximum absolute atomic E-state index is 12.5. The Balaban J connectivity index is 1.58. The summed E-state index contributed by atoms with van der Waals surface area (Å²) in [6.07, 6.45) is 2.97. The number of carbonyl (C=O) groups is 1. The molecular weight excluding hydrogens is 290 g/mol. The van der Waals surface area contributed by atoms with E-state index in [2.05, 4.69) is 29.2 Å². The molecule has 1 heterocycles. The van der Waals surface area contributed by atoms with Crippen molar-refractivity contribution in [2.24, 2.45) is 11.7 Å². The van der Waals surface area contributed by atoms with Crippen molar-refractivity contribution < 1.29 is 9.53 Å². The average Bonchev–Trinajstić information content (AvgIpc) is 3.01. The van der Waals surface area contributed by atoms with E-state index in [4.69, 9.17) is 10.5 Å². The van der Waals surface area contributed by atoms with Gasteiger partial charge in [0.2, 0.25) is 5.91 Å². The molecular formula is C18H27N3O2. The molecule has 0 aromatic heterocycles. The molecule has 3 rings (SSSR count). The zero-order valence-electron chi connectivity index (χ0n) is 13.9. The standard InChI is InChI=1S/C18H27N3O2/c1-20(18(22)16-3-2-4-17(16)19)13-14-5-7-15(8-6-14)21-9-11-23-12-10-21/h5-8,16-17H,2-4,9-13,19H2,1H3. The molecule has 1 aliphatic carbocycles. The number of benzene rings is 1. The summed E-state index contributed by atoms with van der Waals surface area (Å²) in [6, 6.07) is 8.54. The van der Waals surface area contributed by atoms with Gasteiger partial charge in [0.25, 0.3) is 0 Å². The molecule has 5 heteroatoms. The van der Waals surface area contributed by atoms with E-state index in [9.17, 15) is 4.79 Å². The first kappa shape index (κ1) is 16.3. The van der Waals surface area contributed by atoms with Gasteiger partial charge in [0.05, 0.1) is 19.1 Å². The molecule has 2 atom stereocenters. The van der Waals surface area contributed by atoms with Crippen LogP contribution in [0.5, 0.6) is 0 Å². The van der Waals surface area contributed by atoms with E-state index in [0.717, 1.165) is 51.1 Å². The first-order chi connectivity index (χ1) is 11.1. The zero-order chi connectivity index (χ0) is 16.2. The summed E-state index contributed by atoms with van der Waals surface area (Å²) in [6.45, 7) is 4.11. The smallest absolute Gasteiger partial charge is 0.227 e. The highest BCUT2D eigenvalue weighted by molar-refractivity contribution is 5.79. The summed E-state index contributed by atoms with van der Waals surface area (Å²) in [5.41, 5.74) is 8.43. The molecule has 23 heavy (non-hydrogen) atoms. The molecule has 2 fully saturated rings. The summed E-state index contributed by atoms with van der Waals surface area (Å²) in [5, 5.41) is 0. The number of anilines is 1. The lowest BCUT2D eigenvalue weighted by molar-refractivity contribution is -0.134. The fourth-order valence-corrected chi connectivity index (χ4v) is 3.56. The Morgan fingerprint density at radius 3 is 2.57 bits per heavy atom. The summed E-state index contributed by atoms with van der Waals surface area (Å²) in [4.78, 5) is 16.7. The van der Waals surface area contributed by atoms with E-state index >= 15 is 0 Å². The number of amides is 1. The number of hydrogen-bond acceptors (Lipinski definition) is 4. The second-order valence-electron chi connectivity index (χ2n) is 6.66. The van der Waals surface area contributed by atoms with Crippen LogP contribution in [-0.4, -0.2) is 50.2 Å². The molecule has 0 radical (unpaired) electrons. The van der Waals surface area contributed by atoms with Crippen molar-refractivity contribution in [1.29, 1.82) is 0 Å². The Labute approximate surface area is 138 Å². The Kier molecular flexibility index (Phi) is 5.18. The molecule has 1 amide bonds. The molecule has 1 aromatic carbocycles. The van der Waals surface area contributed by atoms with Gasteiger partial charge in [-0.1, -0.05) is 18.6 Å². The lowest BCUT2D eigenvalue weighted by Crippen LogP contribution is -2.39. The highest BCUT2D eigenvalue weighted by Crippen LogP contribution is 2.26. The third-order valence-electron chi connectivity index (χ3n) is 5.00. The molecule has 0 bridgehead atoms. The van der Waals surface area contributed by atoms with Crippen LogP contribution in [0.1, 0.15) is 24.8 Å². The van der Waals surface area contributed by atoms with Gasteiger partial charge in [0, 0.05) is 38.4 Å². The fourth-order valence-electron chi connectivity index (χ4n) is 3.56. The first-order valence-corrected chi connectivity index (χ1v) is 8.57. The van der Waals surface area contributed by atoms with Gasteiger partial charge in [0.1, 0.15) is 0 Å². The molecule has 2 unspecified atom stereocenters. The Morgan fingerprint density at radius 2 is 1.96 bits per heavy atom. The highest BCUT2D eigenvalue weighted by Gasteiger charge is 2.32. The molecule has 126 valence electrons. The van der Waals surface area contributed by atoms with Crippen LogP contribution in [0.4, 0.5) is 5.69 Å². The predicted molar refractivity (Wildman–Crippen MR) is 91.3 cm³/mol. The minimum Gasteiger partial charge on any atom is -0.378 e. The summed E-state index contributed by atoms with van der Waals surface area (Å²) >= 11 is 0. The molecule has 1 saturated heterocycles. The second kappa shape index (κ2) is 7.32. The van der Waals surface area contributed by atoms with E-state index in [1.807, 2.05) is 11.9 Å². The summed E-state index contributed by atoms with van der Waals surface area (Å²) < 4.78 is 5.39. The summed E-state index contributed by atoms with van der Waals surface area (Å²) in [7, 11) is 1.88. The monoisotopic (exact) mass is 317 g/mol. The normalized spacial score (nSPS) is 24.7. The van der Waals surface area contributed by atoms with Gasteiger partial charge in [-0.2, -0.15) is 0 Å². The van der Waals surface area contributed by atoms with Crippen molar-refractivity contribution in [1.82, 2.24) is 4.90 Å². The molecule has 1 saturated carbocycles. The van der Waals surface area contributed by atoms with Crippen LogP contribution in [0.2, 0.25) is 0 Å². The maximum Gasteiger partial charge on any atom is 0.227 e. The van der Waals surface area contributed by atoms with Crippen molar-refractivity contribution in [3.63, 3.8) is 0 Å². The maximum atomic E-state index is 12.5. The van der Waals surface area contributed by atoms with Crippen LogP contribution >= 0.6 is 0 Å². The van der Waals surface area contributed by atoms with E-state index in [-0.39, 0.29) is 17.9 Å². The number of hydrogen-bond donors (Lipinski definition) is 1. The average molecular weight is 317 g/mol. The van der Waals surface area contributed by atoms with Crippen molar-refractivity contribution in [2.75, 3.05) is 38.3 Å².